The Bertz CT molecular complexity index is 143. The topological polar surface area (TPSA) is 60.7 Å². The third-order valence-electron chi connectivity index (χ3n) is 3.09. The van der Waals surface area contributed by atoms with Gasteiger partial charge in [0.1, 0.15) is 0 Å². The van der Waals surface area contributed by atoms with Crippen LogP contribution in [0, 0.1) is 0 Å². The molecule has 3 N–H and O–H groups in total. The fourth-order valence-corrected chi connectivity index (χ4v) is 2.17. The molecule has 0 atom stereocenters. The minimum absolute atomic E-state index is 0.0810. The van der Waals surface area contributed by atoms with Crippen LogP contribution < -0.4 is 0 Å². The average Bonchev–Trinajstić information content (AvgIpc) is 2.48. The number of halogens is 1. The number of hydrogen-bond acceptors (Lipinski definition) is 3. The lowest BCUT2D eigenvalue weighted by Crippen LogP contribution is -1.91. The van der Waals surface area contributed by atoms with Crippen LogP contribution in [-0.2, 0) is 0 Å². The van der Waals surface area contributed by atoms with Gasteiger partial charge in [-0.3, -0.25) is 0 Å². The van der Waals surface area contributed by atoms with Crippen LogP contribution in [0.25, 0.3) is 0 Å². The molecule has 20 heavy (non-hydrogen) atoms. The molecule has 3 nitrogen and oxygen atoms in total. The summed E-state index contributed by atoms with van der Waals surface area (Å²) in [6.07, 6.45) is 13.7. The Morgan fingerprint density at radius 2 is 1.00 bits per heavy atom. The van der Waals surface area contributed by atoms with Crippen LogP contribution in [0.1, 0.15) is 71.1 Å². The maximum atomic E-state index is 8.23. The van der Waals surface area contributed by atoms with Gasteiger partial charge in [0.05, 0.1) is 19.0 Å². The van der Waals surface area contributed by atoms with E-state index in [1.807, 2.05) is 0 Å². The fraction of sp³-hybridized carbons (Fsp3) is 1.00. The molecule has 124 valence electrons. The van der Waals surface area contributed by atoms with E-state index in [2.05, 4.69) is 6.92 Å². The molecule has 0 heterocycles. The van der Waals surface area contributed by atoms with E-state index in [9.17, 15) is 0 Å². The minimum Gasteiger partial charge on any atom is -0.392 e. The number of alkyl halides is 1. The lowest BCUT2D eigenvalue weighted by atomic mass is 10.1. The molecule has 0 unspecified atom stereocenters. The van der Waals surface area contributed by atoms with E-state index in [4.69, 9.17) is 26.9 Å². The molecule has 0 aliphatic rings. The molecule has 0 radical (unpaired) electrons. The first-order valence-corrected chi connectivity index (χ1v) is 10.3. The van der Waals surface area contributed by atoms with E-state index in [0.717, 1.165) is 5.88 Å². The highest BCUT2D eigenvalue weighted by Gasteiger charge is 1.99. The molecule has 0 spiro atoms. The molecule has 0 saturated carbocycles. The van der Waals surface area contributed by atoms with Gasteiger partial charge >= 0.3 is 0 Å². The van der Waals surface area contributed by atoms with Crippen molar-refractivity contribution in [3.05, 3.63) is 0 Å². The lowest BCUT2D eigenvalue weighted by molar-refractivity contribution is 0.319. The first kappa shape index (κ1) is 22.9. The van der Waals surface area contributed by atoms with Crippen molar-refractivity contribution in [2.24, 2.45) is 0 Å². The van der Waals surface area contributed by atoms with E-state index in [0.29, 0.717) is 0 Å². The van der Waals surface area contributed by atoms with Crippen molar-refractivity contribution in [3.63, 3.8) is 0 Å². The molecule has 0 saturated heterocycles. The van der Waals surface area contributed by atoms with Gasteiger partial charge in [-0.15, -0.1) is 11.6 Å². The molecule has 0 bridgehead atoms. The largest absolute Gasteiger partial charge is 0.392 e. The lowest BCUT2D eigenvalue weighted by Gasteiger charge is -2.03. The molecule has 5 heteroatoms. The Hall–Kier alpha value is 0.600. The van der Waals surface area contributed by atoms with Gasteiger partial charge in [-0.25, -0.2) is 0 Å². The number of aliphatic hydroxyl groups excluding tert-OH is 3. The maximum Gasteiger partial charge on any atom is 0.0668 e. The molecular formula is C15H34ClO3P. The maximum absolute atomic E-state index is 8.23. The summed E-state index contributed by atoms with van der Waals surface area (Å²) in [7, 11) is -0.887. The molecular weight excluding hydrogens is 295 g/mol. The third-order valence-corrected chi connectivity index (χ3v) is 4.55. The Kier molecular flexibility index (Phi) is 25.0. The van der Waals surface area contributed by atoms with Crippen LogP contribution >= 0.6 is 19.5 Å². The predicted octanol–water partition coefficient (Wildman–Crippen LogP) is 4.46. The van der Waals surface area contributed by atoms with Crippen LogP contribution in [0.5, 0.6) is 0 Å². The van der Waals surface area contributed by atoms with Gasteiger partial charge in [0.2, 0.25) is 0 Å². The van der Waals surface area contributed by atoms with Crippen molar-refractivity contribution in [2.75, 3.05) is 24.9 Å². The highest BCUT2D eigenvalue weighted by atomic mass is 35.5. The van der Waals surface area contributed by atoms with Crippen LogP contribution in [0.2, 0.25) is 0 Å². The number of hydrogen-bond donors (Lipinski definition) is 3. The molecule has 0 aliphatic carbocycles. The quantitative estimate of drug-likeness (QED) is 0.266. The summed E-state index contributed by atoms with van der Waals surface area (Å²) < 4.78 is 0. The second-order valence-electron chi connectivity index (χ2n) is 4.97. The first-order chi connectivity index (χ1) is 9.76. The van der Waals surface area contributed by atoms with E-state index >= 15 is 0 Å². The number of aliphatic hydroxyl groups is 3. The zero-order chi connectivity index (χ0) is 15.5. The van der Waals surface area contributed by atoms with Gasteiger partial charge in [0.25, 0.3) is 0 Å². The summed E-state index contributed by atoms with van der Waals surface area (Å²) in [6, 6.07) is 0. The van der Waals surface area contributed by atoms with Gasteiger partial charge in [-0.1, -0.05) is 64.7 Å². The zero-order valence-corrected chi connectivity index (χ0v) is 14.7. The summed E-state index contributed by atoms with van der Waals surface area (Å²) in [6.45, 7) is 2.27. The summed E-state index contributed by atoms with van der Waals surface area (Å²) in [5, 5.41) is 24.7. The van der Waals surface area contributed by atoms with Crippen LogP contribution in [-0.4, -0.2) is 40.2 Å². The van der Waals surface area contributed by atoms with E-state index in [-0.39, 0.29) is 19.0 Å². The Morgan fingerprint density at radius 3 is 1.25 bits per heavy atom. The van der Waals surface area contributed by atoms with Crippen LogP contribution in [0.15, 0.2) is 0 Å². The molecule has 0 aliphatic heterocycles. The van der Waals surface area contributed by atoms with Crippen molar-refractivity contribution < 1.29 is 15.3 Å². The van der Waals surface area contributed by atoms with E-state index in [1.54, 1.807) is 0 Å². The second-order valence-corrected chi connectivity index (χ2v) is 7.53. The van der Waals surface area contributed by atoms with Crippen molar-refractivity contribution in [3.8, 4) is 0 Å². The molecule has 0 amide bonds. The highest BCUT2D eigenvalue weighted by molar-refractivity contribution is 7.56. The van der Waals surface area contributed by atoms with Crippen molar-refractivity contribution in [1.29, 1.82) is 0 Å². The monoisotopic (exact) mass is 328 g/mol. The standard InChI is InChI=1S/C12H25Cl.C3H9O3P/c1-2-3-4-5-6-7-8-9-10-11-12-13;4-1-7(2-5)3-6/h2-12H2,1H3;4-6H,1-3H2. The number of rotatable bonds is 13. The van der Waals surface area contributed by atoms with Gasteiger partial charge in [0, 0.05) is 5.88 Å². The number of unbranched alkanes of at least 4 members (excludes halogenated alkanes) is 9. The molecule has 0 aromatic rings. The van der Waals surface area contributed by atoms with E-state index < -0.39 is 7.92 Å². The summed E-state index contributed by atoms with van der Waals surface area (Å²) >= 11 is 5.60. The Morgan fingerprint density at radius 1 is 0.650 bits per heavy atom. The summed E-state index contributed by atoms with van der Waals surface area (Å²) in [4.78, 5) is 0. The SMILES string of the molecule is CCCCCCCCCCCCCl.OCP(CO)CO. The van der Waals surface area contributed by atoms with Gasteiger partial charge in [0.15, 0.2) is 0 Å². The Labute approximate surface area is 131 Å². The third kappa shape index (κ3) is 20.9. The predicted molar refractivity (Wildman–Crippen MR) is 90.7 cm³/mol. The molecule has 0 rings (SSSR count). The minimum atomic E-state index is -0.887. The average molecular weight is 329 g/mol. The first-order valence-electron chi connectivity index (χ1n) is 7.87. The molecule has 0 aromatic carbocycles. The van der Waals surface area contributed by atoms with Gasteiger partial charge in [-0.05, 0) is 14.3 Å². The van der Waals surface area contributed by atoms with Gasteiger partial charge < -0.3 is 15.3 Å². The summed E-state index contributed by atoms with van der Waals surface area (Å²) in [5.41, 5.74) is 0. The highest BCUT2D eigenvalue weighted by Crippen LogP contribution is 2.29. The van der Waals surface area contributed by atoms with Crippen molar-refractivity contribution in [2.45, 2.75) is 71.1 Å². The Balaban J connectivity index is 0. The normalized spacial score (nSPS) is 10.5. The second kappa shape index (κ2) is 21.9. The van der Waals surface area contributed by atoms with Crippen LogP contribution in [0.3, 0.4) is 0 Å². The van der Waals surface area contributed by atoms with E-state index in [1.165, 1.54) is 64.2 Å². The fourth-order valence-electron chi connectivity index (χ4n) is 1.72. The smallest absolute Gasteiger partial charge is 0.0668 e. The van der Waals surface area contributed by atoms with Crippen molar-refractivity contribution >= 4 is 19.5 Å². The zero-order valence-electron chi connectivity index (χ0n) is 13.1. The van der Waals surface area contributed by atoms with Crippen molar-refractivity contribution in [1.82, 2.24) is 0 Å². The molecule has 0 fully saturated rings. The van der Waals surface area contributed by atoms with Crippen LogP contribution in [0.4, 0.5) is 0 Å². The summed E-state index contributed by atoms with van der Waals surface area (Å²) in [5.74, 6) is 0.844. The van der Waals surface area contributed by atoms with Gasteiger partial charge in [-0.2, -0.15) is 0 Å². The molecule has 0 aromatic heterocycles.